The summed E-state index contributed by atoms with van der Waals surface area (Å²) in [5.41, 5.74) is 2.68. The molecule has 2 aromatic rings. The van der Waals surface area contributed by atoms with E-state index in [9.17, 15) is 5.11 Å². The molecule has 0 bridgehead atoms. The molecule has 0 unspecified atom stereocenters. The van der Waals surface area contributed by atoms with E-state index in [1.165, 1.54) is 23.2 Å². The van der Waals surface area contributed by atoms with E-state index >= 15 is 0 Å². The number of aliphatic hydroxyl groups is 1. The maximum absolute atomic E-state index is 11.3. The predicted octanol–water partition coefficient (Wildman–Crippen LogP) is 5.91. The van der Waals surface area contributed by atoms with Crippen LogP contribution >= 0.6 is 0 Å². The van der Waals surface area contributed by atoms with Crippen molar-refractivity contribution in [2.24, 2.45) is 0 Å². The molecule has 0 aliphatic carbocycles. The first-order chi connectivity index (χ1) is 17.0. The zero-order valence-corrected chi connectivity index (χ0v) is 25.4. The molecule has 36 heavy (non-hydrogen) atoms. The molecule has 0 aromatic heterocycles. The molecule has 1 N–H and O–H groups in total. The van der Waals surface area contributed by atoms with Crippen molar-refractivity contribution in [1.82, 2.24) is 0 Å². The Morgan fingerprint density at radius 1 is 0.944 bits per heavy atom. The lowest BCUT2D eigenvalue weighted by atomic mass is 9.94. The van der Waals surface area contributed by atoms with Crippen molar-refractivity contribution in [3.05, 3.63) is 60.7 Å². The number of aliphatic hydroxyl groups excluding tert-OH is 1. The third-order valence-corrected chi connectivity index (χ3v) is 13.0. The van der Waals surface area contributed by atoms with Crippen molar-refractivity contribution >= 4 is 26.8 Å². The first kappa shape index (κ1) is 28.9. The summed E-state index contributed by atoms with van der Waals surface area (Å²) in [7, 11) is -4.29. The van der Waals surface area contributed by atoms with Gasteiger partial charge in [-0.25, -0.2) is 0 Å². The van der Waals surface area contributed by atoms with Crippen LogP contribution in [0.5, 0.6) is 0 Å². The van der Waals surface area contributed by atoms with Crippen molar-refractivity contribution in [3.8, 4) is 11.5 Å². The number of hydrogen-bond donors (Lipinski definition) is 1. The average Bonchev–Trinajstić information content (AvgIpc) is 3.55. The van der Waals surface area contributed by atoms with Gasteiger partial charge in [-0.1, -0.05) is 140 Å². The summed E-state index contributed by atoms with van der Waals surface area (Å²) < 4.78 is 13.4. The van der Waals surface area contributed by atoms with E-state index in [2.05, 4.69) is 119 Å². The normalized spacial score (nSPS) is 20.9. The minimum absolute atomic E-state index is 0.101. The van der Waals surface area contributed by atoms with E-state index in [1.807, 2.05) is 0 Å². The van der Waals surface area contributed by atoms with E-state index < -0.39 is 28.1 Å². The van der Waals surface area contributed by atoms with Gasteiger partial charge in [0.2, 0.25) is 0 Å². The van der Waals surface area contributed by atoms with E-state index in [4.69, 9.17) is 9.16 Å². The minimum Gasteiger partial charge on any atom is -0.405 e. The highest BCUT2D eigenvalue weighted by Crippen LogP contribution is 2.44. The smallest absolute Gasteiger partial charge is 0.261 e. The van der Waals surface area contributed by atoms with Crippen molar-refractivity contribution in [2.75, 3.05) is 6.61 Å². The molecule has 5 heteroatoms. The van der Waals surface area contributed by atoms with E-state index in [-0.39, 0.29) is 11.1 Å². The van der Waals surface area contributed by atoms with Crippen LogP contribution in [0.25, 0.3) is 0 Å². The van der Waals surface area contributed by atoms with Crippen LogP contribution in [-0.4, -0.2) is 45.9 Å². The van der Waals surface area contributed by atoms with E-state index in [0.717, 1.165) is 19.3 Å². The third-order valence-electron chi connectivity index (χ3n) is 7.09. The molecule has 3 rings (SSSR count). The van der Waals surface area contributed by atoms with Gasteiger partial charge in [0.05, 0.1) is 12.7 Å². The molecule has 3 atom stereocenters. The van der Waals surface area contributed by atoms with Gasteiger partial charge in [0.1, 0.15) is 14.2 Å². The molecular weight excluding hydrogens is 477 g/mol. The molecule has 1 saturated heterocycles. The van der Waals surface area contributed by atoms with Crippen LogP contribution in [0.2, 0.25) is 24.7 Å². The highest BCUT2D eigenvalue weighted by molar-refractivity contribution is 6.99. The van der Waals surface area contributed by atoms with Gasteiger partial charge in [-0.05, 0) is 21.8 Å². The topological polar surface area (TPSA) is 42.0 Å². The molecular formula is C31H46O3Si2. The van der Waals surface area contributed by atoms with Crippen molar-refractivity contribution < 1.29 is 14.3 Å². The molecule has 1 aliphatic rings. The van der Waals surface area contributed by atoms with Crippen LogP contribution in [0, 0.1) is 11.5 Å². The van der Waals surface area contributed by atoms with Crippen LogP contribution in [0.4, 0.5) is 0 Å². The van der Waals surface area contributed by atoms with Gasteiger partial charge in [-0.3, -0.25) is 0 Å². The van der Waals surface area contributed by atoms with Crippen LogP contribution in [-0.2, 0) is 9.16 Å². The second kappa shape index (κ2) is 11.8. The Hall–Kier alpha value is -1.69. The predicted molar refractivity (Wildman–Crippen MR) is 157 cm³/mol. The van der Waals surface area contributed by atoms with Crippen LogP contribution in [0.1, 0.15) is 59.8 Å². The Bertz CT molecular complexity index is 976. The number of epoxide rings is 1. The summed E-state index contributed by atoms with van der Waals surface area (Å²) in [6, 6.07) is 21.4. The molecule has 0 radical (unpaired) electrons. The number of hydrogen-bond acceptors (Lipinski definition) is 3. The van der Waals surface area contributed by atoms with Crippen LogP contribution in [0.3, 0.4) is 0 Å². The molecule has 0 amide bonds. The van der Waals surface area contributed by atoms with Gasteiger partial charge < -0.3 is 14.3 Å². The highest BCUT2D eigenvalue weighted by Gasteiger charge is 2.62. The minimum atomic E-state index is -2.67. The largest absolute Gasteiger partial charge is 0.405 e. The maximum Gasteiger partial charge on any atom is 0.261 e. The Labute approximate surface area is 221 Å². The van der Waals surface area contributed by atoms with Crippen LogP contribution < -0.4 is 10.4 Å². The number of ether oxygens (including phenoxy) is 1. The fourth-order valence-corrected chi connectivity index (χ4v) is 10.2. The number of rotatable bonds is 11. The summed E-state index contributed by atoms with van der Waals surface area (Å²) in [5, 5.41) is 13.7. The summed E-state index contributed by atoms with van der Waals surface area (Å²) in [6.07, 6.45) is 4.42. The zero-order chi connectivity index (χ0) is 26.5. The average molecular weight is 523 g/mol. The fourth-order valence-electron chi connectivity index (χ4n) is 5.07. The van der Waals surface area contributed by atoms with Crippen LogP contribution in [0.15, 0.2) is 60.7 Å². The molecule has 0 saturated carbocycles. The number of unbranched alkanes of at least 4 members (excludes halogenated alkanes) is 3. The number of benzene rings is 2. The Kier molecular flexibility index (Phi) is 9.46. The third kappa shape index (κ3) is 6.60. The Morgan fingerprint density at radius 3 is 1.97 bits per heavy atom. The Balaban J connectivity index is 1.92. The van der Waals surface area contributed by atoms with Gasteiger partial charge in [0.25, 0.3) is 8.32 Å². The van der Waals surface area contributed by atoms with Gasteiger partial charge in [-0.15, -0.1) is 5.54 Å². The summed E-state index contributed by atoms with van der Waals surface area (Å²) in [6.45, 7) is 16.2. The molecule has 1 fully saturated rings. The maximum atomic E-state index is 11.3. The van der Waals surface area contributed by atoms with E-state index in [1.54, 1.807) is 0 Å². The van der Waals surface area contributed by atoms with E-state index in [0.29, 0.717) is 6.61 Å². The molecule has 0 spiro atoms. The zero-order valence-electron chi connectivity index (χ0n) is 23.4. The highest BCUT2D eigenvalue weighted by atomic mass is 28.4. The SMILES string of the molecule is CCCCCC[C@H](O)[C@@]1(C#C[Si](C)(C)C)O[C@@H]1CO[Si](c1ccccc1)(c1ccccc1)C(C)(C)C. The standard InChI is InChI=1S/C31H46O3Si2/c1-8-9-10-17-22-28(32)31(23-24-35(5,6)7)29(34-31)25-33-36(30(2,3)4,26-18-13-11-14-19-26)27-20-15-12-16-21-27/h11-16,18-21,28-29,32H,8-10,17,22,25H2,1-7H3/t28-,29+,31+/m0/s1. The molecule has 3 nitrogen and oxygen atoms in total. The van der Waals surface area contributed by atoms with Gasteiger partial charge >= 0.3 is 0 Å². The second-order valence-corrected chi connectivity index (χ2v) is 21.3. The lowest BCUT2D eigenvalue weighted by molar-refractivity contribution is 0.0941. The van der Waals surface area contributed by atoms with Crippen molar-refractivity contribution in [1.29, 1.82) is 0 Å². The Morgan fingerprint density at radius 2 is 1.50 bits per heavy atom. The van der Waals surface area contributed by atoms with Crippen molar-refractivity contribution in [2.45, 2.75) is 102 Å². The second-order valence-electron chi connectivity index (χ2n) is 12.2. The monoisotopic (exact) mass is 522 g/mol. The molecule has 1 heterocycles. The van der Waals surface area contributed by atoms with Crippen molar-refractivity contribution in [3.63, 3.8) is 0 Å². The quantitative estimate of drug-likeness (QED) is 0.173. The summed E-state index contributed by atoms with van der Waals surface area (Å²) in [5.74, 6) is 3.43. The lowest BCUT2D eigenvalue weighted by Gasteiger charge is -2.43. The summed E-state index contributed by atoms with van der Waals surface area (Å²) >= 11 is 0. The molecule has 1 aliphatic heterocycles. The first-order valence-electron chi connectivity index (χ1n) is 13.6. The van der Waals surface area contributed by atoms with Gasteiger partial charge in [0.15, 0.2) is 5.60 Å². The molecule has 196 valence electrons. The summed E-state index contributed by atoms with van der Waals surface area (Å²) in [4.78, 5) is 0. The fraction of sp³-hybridized carbons (Fsp3) is 0.548. The molecule has 2 aromatic carbocycles. The van der Waals surface area contributed by atoms with Gasteiger partial charge in [0, 0.05) is 0 Å². The lowest BCUT2D eigenvalue weighted by Crippen LogP contribution is -2.67. The first-order valence-corrected chi connectivity index (χ1v) is 19.0. The van der Waals surface area contributed by atoms with Gasteiger partial charge in [-0.2, -0.15) is 0 Å².